The zero-order valence-corrected chi connectivity index (χ0v) is 24.4. The molecule has 6 rings (SSSR count). The number of hydrogen-bond acceptors (Lipinski definition) is 4. The van der Waals surface area contributed by atoms with Crippen LogP contribution in [0.4, 0.5) is 4.79 Å². The van der Waals surface area contributed by atoms with Crippen LogP contribution in [-0.2, 0) is 16.1 Å². The van der Waals surface area contributed by atoms with Crippen molar-refractivity contribution in [3.8, 4) is 0 Å². The Kier molecular flexibility index (Phi) is 7.60. The van der Waals surface area contributed by atoms with E-state index in [1.807, 2.05) is 35.2 Å². The van der Waals surface area contributed by atoms with E-state index in [4.69, 9.17) is 15.2 Å². The van der Waals surface area contributed by atoms with Gasteiger partial charge in [0.2, 0.25) is 0 Å². The Labute approximate surface area is 235 Å². The highest BCUT2D eigenvalue weighted by Gasteiger charge is 2.53. The molecule has 5 heteroatoms. The van der Waals surface area contributed by atoms with Crippen LogP contribution in [0.5, 0.6) is 0 Å². The third-order valence-corrected chi connectivity index (χ3v) is 11.6. The summed E-state index contributed by atoms with van der Waals surface area (Å²) in [4.78, 5) is 15.3. The number of carbonyl (C=O) groups excluding carboxylic acids is 1. The standard InChI is InChI=1S/C34H50N2O3/c1-23-16-31-30(36(21-23)32(37)38-22-25-8-5-4-6-9-25)20-34(39-31)15-12-26-10-7-11-28-18-29(35)13-14-33(28,3)24(2)17-27(26)19-34/h4-6,8-9,19,23-24,26,28-31H,7,10-18,20-22,35H2,1-3H3/t23-,24+,26+,28+,29+,30-,31+,33+,34-/m0/s1. The molecule has 0 unspecified atom stereocenters. The number of hydrogen-bond donors (Lipinski definition) is 1. The minimum Gasteiger partial charge on any atom is -0.445 e. The van der Waals surface area contributed by atoms with Crippen LogP contribution in [0, 0.1) is 29.1 Å². The normalized spacial score (nSPS) is 42.3. The zero-order valence-electron chi connectivity index (χ0n) is 24.4. The van der Waals surface area contributed by atoms with E-state index in [0.29, 0.717) is 35.8 Å². The highest BCUT2D eigenvalue weighted by atomic mass is 16.6. The lowest BCUT2D eigenvalue weighted by Crippen LogP contribution is -2.51. The van der Waals surface area contributed by atoms with Gasteiger partial charge in [0.15, 0.2) is 0 Å². The lowest BCUT2D eigenvalue weighted by molar-refractivity contribution is -0.0539. The molecule has 0 aromatic heterocycles. The van der Waals surface area contributed by atoms with Gasteiger partial charge in [-0.1, -0.05) is 69.2 Å². The highest BCUT2D eigenvalue weighted by molar-refractivity contribution is 5.68. The molecule has 1 spiro atoms. The van der Waals surface area contributed by atoms with Crippen molar-refractivity contribution in [3.63, 3.8) is 0 Å². The van der Waals surface area contributed by atoms with Crippen LogP contribution in [0.15, 0.2) is 42.0 Å². The first-order valence-corrected chi connectivity index (χ1v) is 15.9. The van der Waals surface area contributed by atoms with Crippen molar-refractivity contribution < 1.29 is 14.3 Å². The molecular weight excluding hydrogens is 484 g/mol. The molecule has 1 aromatic carbocycles. The number of likely N-dealkylation sites (tertiary alicyclic amines) is 1. The molecule has 2 aliphatic heterocycles. The fourth-order valence-electron chi connectivity index (χ4n) is 9.07. The van der Waals surface area contributed by atoms with E-state index < -0.39 is 0 Å². The summed E-state index contributed by atoms with van der Waals surface area (Å²) in [6, 6.07) is 10.5. The van der Waals surface area contributed by atoms with Crippen molar-refractivity contribution in [1.82, 2.24) is 4.90 Å². The van der Waals surface area contributed by atoms with E-state index >= 15 is 0 Å². The summed E-state index contributed by atoms with van der Waals surface area (Å²) in [5, 5.41) is 0. The van der Waals surface area contributed by atoms with Gasteiger partial charge in [-0.25, -0.2) is 4.79 Å². The minimum atomic E-state index is -0.230. The van der Waals surface area contributed by atoms with Gasteiger partial charge in [0.25, 0.3) is 0 Å². The van der Waals surface area contributed by atoms with Crippen molar-refractivity contribution in [1.29, 1.82) is 0 Å². The average Bonchev–Trinajstić information content (AvgIpc) is 3.28. The molecule has 4 fully saturated rings. The minimum absolute atomic E-state index is 0.0990. The number of nitrogens with zero attached hydrogens (tertiary/aromatic N) is 1. The van der Waals surface area contributed by atoms with Crippen molar-refractivity contribution >= 4 is 6.09 Å². The lowest BCUT2D eigenvalue weighted by Gasteiger charge is -2.48. The molecule has 1 aromatic rings. The van der Waals surface area contributed by atoms with E-state index in [-0.39, 0.29) is 23.8 Å². The third-order valence-electron chi connectivity index (χ3n) is 11.6. The molecule has 3 aliphatic carbocycles. The Morgan fingerprint density at radius 3 is 2.74 bits per heavy atom. The first-order valence-electron chi connectivity index (χ1n) is 15.9. The Bertz CT molecular complexity index is 1060. The van der Waals surface area contributed by atoms with Crippen LogP contribution in [-0.4, -0.2) is 41.3 Å². The highest BCUT2D eigenvalue weighted by Crippen LogP contribution is 2.54. The predicted molar refractivity (Wildman–Crippen MR) is 155 cm³/mol. The Hall–Kier alpha value is -1.85. The topological polar surface area (TPSA) is 64.8 Å². The van der Waals surface area contributed by atoms with Crippen LogP contribution >= 0.6 is 0 Å². The Morgan fingerprint density at radius 1 is 1.10 bits per heavy atom. The Balaban J connectivity index is 1.20. The molecule has 39 heavy (non-hydrogen) atoms. The van der Waals surface area contributed by atoms with Gasteiger partial charge < -0.3 is 20.1 Å². The Morgan fingerprint density at radius 2 is 1.92 bits per heavy atom. The second kappa shape index (κ2) is 10.9. The van der Waals surface area contributed by atoms with Crippen LogP contribution in [0.25, 0.3) is 0 Å². The van der Waals surface area contributed by atoms with E-state index in [0.717, 1.165) is 37.3 Å². The van der Waals surface area contributed by atoms with Crippen LogP contribution in [0.2, 0.25) is 0 Å². The maximum absolute atomic E-state index is 13.3. The van der Waals surface area contributed by atoms with Gasteiger partial charge in [-0.3, -0.25) is 0 Å². The SMILES string of the molecule is C[C@H]1C[C@H]2O[C@@]3(C=C4C[C@@H](C)[C@@]5(C)CC[C@@H](N)C[C@H]5CCC[C@@H]4CC3)C[C@@H]2N(C(=O)OCc2ccccc2)C1. The molecule has 0 radical (unpaired) electrons. The summed E-state index contributed by atoms with van der Waals surface area (Å²) in [6.45, 7) is 8.39. The number of amides is 1. The van der Waals surface area contributed by atoms with E-state index in [1.165, 1.54) is 51.4 Å². The van der Waals surface area contributed by atoms with Crippen molar-refractivity contribution in [3.05, 3.63) is 47.5 Å². The third kappa shape index (κ3) is 5.43. The molecular formula is C34H50N2O3. The molecule has 5 nitrogen and oxygen atoms in total. The van der Waals surface area contributed by atoms with Gasteiger partial charge in [0, 0.05) is 19.0 Å². The van der Waals surface area contributed by atoms with Gasteiger partial charge >= 0.3 is 6.09 Å². The zero-order chi connectivity index (χ0) is 27.2. The summed E-state index contributed by atoms with van der Waals surface area (Å²) in [6.07, 6.45) is 15.5. The van der Waals surface area contributed by atoms with Crippen LogP contribution in [0.1, 0.15) is 97.0 Å². The smallest absolute Gasteiger partial charge is 0.410 e. The number of ether oxygens (including phenoxy) is 2. The first kappa shape index (κ1) is 27.3. The van der Waals surface area contributed by atoms with E-state index in [9.17, 15) is 4.79 Å². The summed E-state index contributed by atoms with van der Waals surface area (Å²) >= 11 is 0. The van der Waals surface area contributed by atoms with Gasteiger partial charge in [-0.05, 0) is 92.4 Å². The summed E-state index contributed by atoms with van der Waals surface area (Å²) < 4.78 is 12.8. The van der Waals surface area contributed by atoms with Crippen molar-refractivity contribution in [2.24, 2.45) is 34.8 Å². The molecule has 9 atom stereocenters. The first-order chi connectivity index (χ1) is 18.7. The second-order valence-corrected chi connectivity index (χ2v) is 14.3. The van der Waals surface area contributed by atoms with Gasteiger partial charge in [-0.15, -0.1) is 0 Å². The van der Waals surface area contributed by atoms with Gasteiger partial charge in [0.05, 0.1) is 17.7 Å². The largest absolute Gasteiger partial charge is 0.445 e. The van der Waals surface area contributed by atoms with Crippen molar-refractivity contribution in [2.75, 3.05) is 6.54 Å². The van der Waals surface area contributed by atoms with Crippen molar-refractivity contribution in [2.45, 2.75) is 122 Å². The second-order valence-electron chi connectivity index (χ2n) is 14.3. The average molecular weight is 535 g/mol. The number of fused-ring (bicyclic) bond motifs is 3. The van der Waals surface area contributed by atoms with E-state index in [2.05, 4.69) is 26.8 Å². The fourth-order valence-corrected chi connectivity index (χ4v) is 9.07. The summed E-state index contributed by atoms with van der Waals surface area (Å²) in [5.41, 5.74) is 9.28. The number of allylic oxidation sites excluding steroid dienone is 1. The van der Waals surface area contributed by atoms with E-state index in [1.54, 1.807) is 5.57 Å². The number of nitrogens with two attached hydrogens (primary N) is 1. The fraction of sp³-hybridized carbons (Fsp3) is 0.735. The van der Waals surface area contributed by atoms with Gasteiger partial charge in [0.1, 0.15) is 6.61 Å². The molecule has 1 amide bonds. The number of carbonyl (C=O) groups is 1. The number of rotatable bonds is 2. The number of piperidine rings is 1. The summed E-state index contributed by atoms with van der Waals surface area (Å²) in [7, 11) is 0. The van der Waals surface area contributed by atoms with Crippen LogP contribution in [0.3, 0.4) is 0 Å². The molecule has 2 N–H and O–H groups in total. The lowest BCUT2D eigenvalue weighted by atomic mass is 9.58. The quantitative estimate of drug-likeness (QED) is 0.406. The molecule has 5 aliphatic rings. The maximum Gasteiger partial charge on any atom is 0.410 e. The monoisotopic (exact) mass is 534 g/mol. The molecule has 0 bridgehead atoms. The molecule has 214 valence electrons. The summed E-state index contributed by atoms with van der Waals surface area (Å²) in [5.74, 6) is 2.51. The number of benzene rings is 1. The predicted octanol–water partition coefficient (Wildman–Crippen LogP) is 7.24. The molecule has 2 saturated carbocycles. The molecule has 2 heterocycles. The maximum atomic E-state index is 13.3. The van der Waals surface area contributed by atoms with Crippen LogP contribution < -0.4 is 5.73 Å². The van der Waals surface area contributed by atoms with Gasteiger partial charge in [-0.2, -0.15) is 0 Å². The molecule has 2 saturated heterocycles.